The van der Waals surface area contributed by atoms with Crippen LogP contribution in [0.4, 0.5) is 22.1 Å². The molecule has 0 saturated carbocycles. The van der Waals surface area contributed by atoms with Crippen LogP contribution in [0, 0.1) is 18.3 Å². The number of hydrogen-bond acceptors (Lipinski definition) is 10. The van der Waals surface area contributed by atoms with Crippen LogP contribution in [0.5, 0.6) is 5.88 Å². The largest absolute Gasteiger partial charge is 0.474 e. The van der Waals surface area contributed by atoms with Gasteiger partial charge in [0.25, 0.3) is 0 Å². The highest BCUT2D eigenvalue weighted by Gasteiger charge is 2.47. The van der Waals surface area contributed by atoms with Gasteiger partial charge in [-0.3, -0.25) is 4.90 Å². The average Bonchev–Trinajstić information content (AvgIpc) is 3.28. The normalized spacial score (nSPS) is 16.4. The van der Waals surface area contributed by atoms with Crippen molar-refractivity contribution in [1.29, 1.82) is 5.26 Å². The lowest BCUT2D eigenvalue weighted by Gasteiger charge is -2.39. The standard InChI is InChI=1S/C35H48N6O5Si/c1-23-16-28(30(38-20-23)44-15-14-43-9)40-31-37-13-12-27(39-31)24-17-25(19-36)29-26(18-24)35(8,22-45-47(10,11)34(5,6)7)21-41(29)32(42)46-33(2,3)4/h12-13,16-18,20H,14-15,21-22H2,1-11H3,(H,37,39,40)/t35-/m1/s1. The Morgan fingerprint density at radius 1 is 1.13 bits per heavy atom. The van der Waals surface area contributed by atoms with Crippen molar-refractivity contribution in [3.05, 3.63) is 53.3 Å². The Bertz CT molecular complexity index is 1660. The predicted molar refractivity (Wildman–Crippen MR) is 186 cm³/mol. The number of anilines is 3. The molecule has 11 nitrogen and oxygen atoms in total. The van der Waals surface area contributed by atoms with Crippen LogP contribution in [0.25, 0.3) is 11.3 Å². The monoisotopic (exact) mass is 660 g/mol. The smallest absolute Gasteiger partial charge is 0.414 e. The Labute approximate surface area is 279 Å². The molecule has 1 amide bonds. The molecular weight excluding hydrogens is 613 g/mol. The van der Waals surface area contributed by atoms with Crippen molar-refractivity contribution < 1.29 is 23.4 Å². The number of pyridine rings is 1. The summed E-state index contributed by atoms with van der Waals surface area (Å²) in [6.07, 6.45) is 2.89. The van der Waals surface area contributed by atoms with Crippen molar-refractivity contribution in [3.63, 3.8) is 0 Å². The second-order valence-corrected chi connectivity index (χ2v) is 19.6. The van der Waals surface area contributed by atoms with Gasteiger partial charge >= 0.3 is 6.09 Å². The molecule has 2 aromatic heterocycles. The van der Waals surface area contributed by atoms with Gasteiger partial charge in [0.15, 0.2) is 8.32 Å². The van der Waals surface area contributed by atoms with Crippen molar-refractivity contribution in [2.75, 3.05) is 43.7 Å². The number of nitrogens with zero attached hydrogens (tertiary/aromatic N) is 5. The highest BCUT2D eigenvalue weighted by Crippen LogP contribution is 2.47. The number of carbonyl (C=O) groups is 1. The van der Waals surface area contributed by atoms with Gasteiger partial charge in [0.2, 0.25) is 11.8 Å². The molecule has 4 rings (SSSR count). The molecule has 1 aromatic carbocycles. The highest BCUT2D eigenvalue weighted by atomic mass is 28.4. The van der Waals surface area contributed by atoms with Crippen molar-refractivity contribution >= 4 is 31.7 Å². The van der Waals surface area contributed by atoms with Gasteiger partial charge in [-0.1, -0.05) is 27.7 Å². The van der Waals surface area contributed by atoms with Gasteiger partial charge in [0.1, 0.15) is 24.0 Å². The molecule has 0 aliphatic carbocycles. The van der Waals surface area contributed by atoms with Crippen LogP contribution in [0.15, 0.2) is 36.7 Å². The SMILES string of the molecule is COCCOc1ncc(C)cc1Nc1nccc(-c2cc(C#N)c3c(c2)[C@@](C)(CO[Si](C)(C)C(C)(C)C)CN3C(=O)OC(C)(C)C)n1. The third-order valence-electron chi connectivity index (χ3n) is 8.54. The maximum atomic E-state index is 13.6. The molecule has 3 aromatic rings. The fraction of sp³-hybridized carbons (Fsp3) is 0.514. The summed E-state index contributed by atoms with van der Waals surface area (Å²) < 4.78 is 23.5. The van der Waals surface area contributed by atoms with E-state index in [4.69, 9.17) is 23.6 Å². The lowest BCUT2D eigenvalue weighted by molar-refractivity contribution is 0.0575. The van der Waals surface area contributed by atoms with E-state index in [0.717, 1.165) is 11.1 Å². The minimum absolute atomic E-state index is 0.00116. The molecule has 0 fully saturated rings. The van der Waals surface area contributed by atoms with Gasteiger partial charge in [0.05, 0.1) is 23.6 Å². The van der Waals surface area contributed by atoms with Crippen LogP contribution in [0.3, 0.4) is 0 Å². The summed E-state index contributed by atoms with van der Waals surface area (Å²) in [5, 5.41) is 13.7. The lowest BCUT2D eigenvalue weighted by atomic mass is 9.83. The first-order valence-corrected chi connectivity index (χ1v) is 18.7. The van der Waals surface area contributed by atoms with E-state index in [1.54, 1.807) is 36.5 Å². The molecule has 0 spiro atoms. The van der Waals surface area contributed by atoms with Crippen LogP contribution in [-0.2, 0) is 19.3 Å². The number of carbonyl (C=O) groups excluding carboxylic acids is 1. The minimum Gasteiger partial charge on any atom is -0.474 e. The Balaban J connectivity index is 1.77. The number of benzene rings is 1. The van der Waals surface area contributed by atoms with Gasteiger partial charge in [-0.25, -0.2) is 19.7 Å². The third-order valence-corrected chi connectivity index (χ3v) is 13.0. The van der Waals surface area contributed by atoms with Crippen LogP contribution in [0.2, 0.25) is 18.1 Å². The van der Waals surface area contributed by atoms with E-state index < -0.39 is 25.4 Å². The Morgan fingerprint density at radius 2 is 1.85 bits per heavy atom. The molecule has 1 aliphatic heterocycles. The van der Waals surface area contributed by atoms with Crippen molar-refractivity contribution in [2.45, 2.75) is 84.5 Å². The second kappa shape index (κ2) is 13.6. The number of fused-ring (bicyclic) bond motifs is 1. The molecular formula is C35H48N6O5Si. The summed E-state index contributed by atoms with van der Waals surface area (Å²) in [4.78, 5) is 28.8. The number of aryl methyl sites for hydroxylation is 1. The maximum absolute atomic E-state index is 13.6. The van der Waals surface area contributed by atoms with Gasteiger partial charge in [-0.15, -0.1) is 0 Å². The predicted octanol–water partition coefficient (Wildman–Crippen LogP) is 7.52. The first-order valence-electron chi connectivity index (χ1n) is 15.8. The van der Waals surface area contributed by atoms with Crippen molar-refractivity contribution in [1.82, 2.24) is 15.0 Å². The Hall–Kier alpha value is -4.05. The topological polar surface area (TPSA) is 132 Å². The van der Waals surface area contributed by atoms with Gasteiger partial charge < -0.3 is 24.0 Å². The number of methoxy groups -OCH3 is 1. The second-order valence-electron chi connectivity index (χ2n) is 14.8. The molecule has 1 atom stereocenters. The van der Waals surface area contributed by atoms with Crippen LogP contribution >= 0.6 is 0 Å². The summed E-state index contributed by atoms with van der Waals surface area (Å²) >= 11 is 0. The number of nitrogens with one attached hydrogen (secondary N) is 1. The number of amides is 1. The first kappa shape index (κ1) is 35.8. The molecule has 1 N–H and O–H groups in total. The molecule has 12 heteroatoms. The number of ether oxygens (including phenoxy) is 3. The van der Waals surface area contributed by atoms with Crippen LogP contribution in [-0.4, -0.2) is 68.4 Å². The summed E-state index contributed by atoms with van der Waals surface area (Å²) in [7, 11) is -0.531. The van der Waals surface area contributed by atoms with Gasteiger partial charge in [0, 0.05) is 43.6 Å². The molecule has 47 heavy (non-hydrogen) atoms. The maximum Gasteiger partial charge on any atom is 0.414 e. The average molecular weight is 661 g/mol. The lowest BCUT2D eigenvalue weighted by Crippen LogP contribution is -2.46. The van der Waals surface area contributed by atoms with Gasteiger partial charge in [-0.05, 0) is 81.2 Å². The summed E-state index contributed by atoms with van der Waals surface area (Å²) in [5.74, 6) is 0.746. The van der Waals surface area contributed by atoms with E-state index in [0.29, 0.717) is 66.4 Å². The molecule has 0 unspecified atom stereocenters. The zero-order valence-corrected chi connectivity index (χ0v) is 30.6. The van der Waals surface area contributed by atoms with Crippen LogP contribution in [0.1, 0.15) is 65.2 Å². The first-order chi connectivity index (χ1) is 21.9. The third kappa shape index (κ3) is 8.27. The Morgan fingerprint density at radius 3 is 2.49 bits per heavy atom. The summed E-state index contributed by atoms with van der Waals surface area (Å²) in [5.41, 5.74) is 3.29. The zero-order chi connectivity index (χ0) is 34.8. The molecule has 0 radical (unpaired) electrons. The fourth-order valence-electron chi connectivity index (χ4n) is 4.97. The van der Waals surface area contributed by atoms with E-state index in [1.807, 2.05) is 39.8 Å². The van der Waals surface area contributed by atoms with Crippen LogP contribution < -0.4 is 15.0 Å². The zero-order valence-electron chi connectivity index (χ0n) is 29.6. The molecule has 0 bridgehead atoms. The molecule has 1 aliphatic rings. The summed E-state index contributed by atoms with van der Waals surface area (Å²) in [6.45, 7) is 22.0. The molecule has 0 saturated heterocycles. The van der Waals surface area contributed by atoms with Crippen molar-refractivity contribution in [2.24, 2.45) is 0 Å². The van der Waals surface area contributed by atoms with Gasteiger partial charge in [-0.2, -0.15) is 5.26 Å². The molecule has 3 heterocycles. The molecule has 252 valence electrons. The Kier molecular flexibility index (Phi) is 10.3. The van der Waals surface area contributed by atoms with E-state index >= 15 is 0 Å². The minimum atomic E-state index is -2.14. The van der Waals surface area contributed by atoms with E-state index in [2.05, 4.69) is 62.1 Å². The number of rotatable bonds is 10. The summed E-state index contributed by atoms with van der Waals surface area (Å²) in [6, 6.07) is 9.81. The van der Waals surface area contributed by atoms with E-state index in [9.17, 15) is 10.1 Å². The van der Waals surface area contributed by atoms with E-state index in [1.165, 1.54) is 0 Å². The highest BCUT2D eigenvalue weighted by molar-refractivity contribution is 6.74. The number of nitriles is 1. The van der Waals surface area contributed by atoms with E-state index in [-0.39, 0.29) is 5.04 Å². The number of hydrogen-bond donors (Lipinski definition) is 1. The van der Waals surface area contributed by atoms with Crippen molar-refractivity contribution in [3.8, 4) is 23.2 Å². The number of aromatic nitrogens is 3. The fourth-order valence-corrected chi connectivity index (χ4v) is 6.08. The quantitative estimate of drug-likeness (QED) is 0.172.